The number of amides is 1. The van der Waals surface area contributed by atoms with Gasteiger partial charge in [-0.15, -0.1) is 0 Å². The summed E-state index contributed by atoms with van der Waals surface area (Å²) in [7, 11) is 0. The smallest absolute Gasteiger partial charge is 0.254 e. The van der Waals surface area contributed by atoms with Gasteiger partial charge >= 0.3 is 0 Å². The number of pyridine rings is 2. The summed E-state index contributed by atoms with van der Waals surface area (Å²) >= 11 is 0. The molecule has 0 aliphatic rings. The Hall–Kier alpha value is -3.61. The molecule has 5 nitrogen and oxygen atoms in total. The van der Waals surface area contributed by atoms with E-state index in [9.17, 15) is 13.6 Å². The van der Waals surface area contributed by atoms with Crippen molar-refractivity contribution in [3.8, 4) is 0 Å². The van der Waals surface area contributed by atoms with E-state index in [4.69, 9.17) is 0 Å². The van der Waals surface area contributed by atoms with E-state index in [0.29, 0.717) is 17.7 Å². The van der Waals surface area contributed by atoms with E-state index in [0.717, 1.165) is 34.4 Å². The first-order valence-electron chi connectivity index (χ1n) is 10.0. The van der Waals surface area contributed by atoms with Crippen molar-refractivity contribution in [3.63, 3.8) is 0 Å². The highest BCUT2D eigenvalue weighted by atomic mass is 19.2. The fourth-order valence-electron chi connectivity index (χ4n) is 3.80. The number of nitrogens with one attached hydrogen (secondary N) is 1. The van der Waals surface area contributed by atoms with E-state index in [1.54, 1.807) is 18.6 Å². The number of carbonyl (C=O) groups excluding carboxylic acids is 1. The normalized spacial score (nSPS) is 11.3. The van der Waals surface area contributed by atoms with E-state index < -0.39 is 11.6 Å². The topological polar surface area (TPSA) is 59.8 Å². The van der Waals surface area contributed by atoms with Crippen LogP contribution in [0.15, 0.2) is 61.1 Å². The van der Waals surface area contributed by atoms with Gasteiger partial charge < -0.3 is 9.88 Å². The molecule has 0 atom stereocenters. The van der Waals surface area contributed by atoms with Crippen molar-refractivity contribution in [2.75, 3.05) is 0 Å². The van der Waals surface area contributed by atoms with Crippen LogP contribution < -0.4 is 5.32 Å². The molecule has 4 rings (SSSR count). The Morgan fingerprint density at radius 1 is 1.10 bits per heavy atom. The van der Waals surface area contributed by atoms with Crippen LogP contribution >= 0.6 is 0 Å². The number of hydrogen-bond donors (Lipinski definition) is 1. The fraction of sp³-hybridized carbons (Fsp3) is 0.208. The maximum Gasteiger partial charge on any atom is 0.254 e. The van der Waals surface area contributed by atoms with Gasteiger partial charge in [-0.2, -0.15) is 0 Å². The Kier molecular flexibility index (Phi) is 5.75. The van der Waals surface area contributed by atoms with Gasteiger partial charge in [-0.1, -0.05) is 26.0 Å². The Morgan fingerprint density at radius 3 is 2.65 bits per heavy atom. The lowest BCUT2D eigenvalue weighted by molar-refractivity contribution is 0.0951. The molecule has 0 radical (unpaired) electrons. The predicted molar refractivity (Wildman–Crippen MR) is 115 cm³/mol. The van der Waals surface area contributed by atoms with Crippen LogP contribution in [0.5, 0.6) is 0 Å². The van der Waals surface area contributed by atoms with Gasteiger partial charge in [0.05, 0.1) is 23.3 Å². The lowest BCUT2D eigenvalue weighted by atomic mass is 10.0. The van der Waals surface area contributed by atoms with Crippen LogP contribution in [0.3, 0.4) is 0 Å². The fourth-order valence-corrected chi connectivity index (χ4v) is 3.80. The maximum absolute atomic E-state index is 13.5. The predicted octanol–water partition coefficient (Wildman–Crippen LogP) is 4.81. The van der Waals surface area contributed by atoms with E-state index >= 15 is 0 Å². The summed E-state index contributed by atoms with van der Waals surface area (Å²) in [5.41, 5.74) is 3.66. The highest BCUT2D eigenvalue weighted by Gasteiger charge is 2.24. The largest absolute Gasteiger partial charge is 0.348 e. The molecule has 0 spiro atoms. The van der Waals surface area contributed by atoms with Crippen molar-refractivity contribution in [3.05, 3.63) is 95.2 Å². The second-order valence-corrected chi connectivity index (χ2v) is 7.65. The van der Waals surface area contributed by atoms with Crippen molar-refractivity contribution in [2.45, 2.75) is 32.9 Å². The van der Waals surface area contributed by atoms with Crippen LogP contribution in [0, 0.1) is 11.6 Å². The molecule has 0 aliphatic heterocycles. The van der Waals surface area contributed by atoms with Gasteiger partial charge in [0.25, 0.3) is 5.91 Å². The molecular weight excluding hydrogens is 398 g/mol. The summed E-state index contributed by atoms with van der Waals surface area (Å²) in [4.78, 5) is 21.9. The van der Waals surface area contributed by atoms with Crippen molar-refractivity contribution in [1.29, 1.82) is 0 Å². The zero-order valence-corrected chi connectivity index (χ0v) is 17.3. The number of nitrogens with zero attached hydrogens (tertiary/aromatic N) is 3. The van der Waals surface area contributed by atoms with E-state index in [1.165, 1.54) is 6.07 Å². The van der Waals surface area contributed by atoms with Gasteiger partial charge in [-0.25, -0.2) is 8.78 Å². The van der Waals surface area contributed by atoms with Gasteiger partial charge in [0.2, 0.25) is 0 Å². The van der Waals surface area contributed by atoms with Crippen LogP contribution in [0.25, 0.3) is 10.9 Å². The van der Waals surface area contributed by atoms with E-state index in [2.05, 4.69) is 19.9 Å². The summed E-state index contributed by atoms with van der Waals surface area (Å²) in [6.07, 6.45) is 5.13. The minimum atomic E-state index is -0.939. The molecule has 0 aliphatic carbocycles. The quantitative estimate of drug-likeness (QED) is 0.487. The highest BCUT2D eigenvalue weighted by molar-refractivity contribution is 6.08. The minimum absolute atomic E-state index is 0.0557. The van der Waals surface area contributed by atoms with Crippen LogP contribution in [-0.2, 0) is 13.1 Å². The Bertz CT molecular complexity index is 1240. The van der Waals surface area contributed by atoms with Crippen LogP contribution in [0.4, 0.5) is 8.78 Å². The van der Waals surface area contributed by atoms with Crippen molar-refractivity contribution in [1.82, 2.24) is 19.9 Å². The Morgan fingerprint density at radius 2 is 1.94 bits per heavy atom. The molecule has 1 aromatic carbocycles. The summed E-state index contributed by atoms with van der Waals surface area (Å²) in [6, 6.07) is 11.2. The number of carbonyl (C=O) groups is 1. The zero-order chi connectivity index (χ0) is 22.0. The number of fused-ring (bicyclic) bond motifs is 1. The van der Waals surface area contributed by atoms with Gasteiger partial charge in [-0.05, 0) is 41.8 Å². The summed E-state index contributed by atoms with van der Waals surface area (Å²) in [5, 5.41) is 3.58. The molecule has 158 valence electrons. The van der Waals surface area contributed by atoms with Gasteiger partial charge in [-0.3, -0.25) is 14.8 Å². The number of aromatic nitrogens is 3. The second kappa shape index (κ2) is 8.63. The van der Waals surface area contributed by atoms with E-state index in [1.807, 2.05) is 38.1 Å². The van der Waals surface area contributed by atoms with Crippen molar-refractivity contribution < 1.29 is 13.6 Å². The second-order valence-electron chi connectivity index (χ2n) is 7.65. The number of hydrogen-bond acceptors (Lipinski definition) is 3. The van der Waals surface area contributed by atoms with Crippen LogP contribution in [0.1, 0.15) is 47.1 Å². The number of benzene rings is 1. The lowest BCUT2D eigenvalue weighted by Gasteiger charge is -2.15. The number of halogens is 2. The van der Waals surface area contributed by atoms with Crippen LogP contribution in [-0.4, -0.2) is 20.4 Å². The minimum Gasteiger partial charge on any atom is -0.348 e. The lowest BCUT2D eigenvalue weighted by Crippen LogP contribution is -2.24. The maximum atomic E-state index is 13.5. The van der Waals surface area contributed by atoms with Gasteiger partial charge in [0, 0.05) is 36.2 Å². The van der Waals surface area contributed by atoms with E-state index in [-0.39, 0.29) is 18.4 Å². The first kappa shape index (κ1) is 20.7. The van der Waals surface area contributed by atoms with Gasteiger partial charge in [0.15, 0.2) is 11.6 Å². The Balaban J connectivity index is 1.73. The number of rotatable bonds is 6. The van der Waals surface area contributed by atoms with Crippen molar-refractivity contribution >= 4 is 16.8 Å². The molecule has 31 heavy (non-hydrogen) atoms. The first-order valence-corrected chi connectivity index (χ1v) is 10.0. The molecule has 3 heterocycles. The van der Waals surface area contributed by atoms with Crippen molar-refractivity contribution in [2.24, 2.45) is 0 Å². The highest BCUT2D eigenvalue weighted by Crippen LogP contribution is 2.31. The zero-order valence-electron chi connectivity index (χ0n) is 17.3. The molecule has 0 fully saturated rings. The molecule has 4 aromatic rings. The molecule has 0 saturated carbocycles. The monoisotopic (exact) mass is 420 g/mol. The molecular formula is C24H22F2N4O. The molecule has 7 heteroatoms. The molecule has 0 bridgehead atoms. The summed E-state index contributed by atoms with van der Waals surface area (Å²) < 4.78 is 28.8. The average molecular weight is 420 g/mol. The molecule has 1 amide bonds. The van der Waals surface area contributed by atoms with Gasteiger partial charge in [0.1, 0.15) is 0 Å². The summed E-state index contributed by atoms with van der Waals surface area (Å²) in [6.45, 7) is 4.66. The summed E-state index contributed by atoms with van der Waals surface area (Å²) in [5.74, 6) is -2.09. The molecule has 1 N–H and O–H groups in total. The molecule has 0 unspecified atom stereocenters. The van der Waals surface area contributed by atoms with Crippen LogP contribution in [0.2, 0.25) is 0 Å². The molecule has 0 saturated heterocycles. The third kappa shape index (κ3) is 4.17. The molecule has 3 aromatic heterocycles. The first-order chi connectivity index (χ1) is 15.0. The average Bonchev–Trinajstić information content (AvgIpc) is 3.10. The SMILES string of the molecule is CC(C)c1c(C(=O)NCc2ccc(F)c(F)c2)c2cnccc2n1Cc1ccccn1. The third-order valence-corrected chi connectivity index (χ3v) is 5.16. The standard InChI is InChI=1S/C24H22F2N4O/c1-15(2)23-22(24(31)29-12-16-6-7-19(25)20(26)11-16)18-13-27-10-8-21(18)30(23)14-17-5-3-4-9-28-17/h3-11,13,15H,12,14H2,1-2H3,(H,29,31). The third-order valence-electron chi connectivity index (χ3n) is 5.16. The Labute approximate surface area is 178 Å².